The standard InChI is InChI=1S/C11H9ClF5N3/c1-20-5-3-6-8(12)18-7(19-9(6)20)2-4-10(13,14)11(15,16)17/h3,5H,2,4H2,1H3. The predicted octanol–water partition coefficient (Wildman–Crippen LogP) is 3.75. The summed E-state index contributed by atoms with van der Waals surface area (Å²) < 4.78 is 63.4. The highest BCUT2D eigenvalue weighted by molar-refractivity contribution is 6.33. The Hall–Kier alpha value is -1.44. The van der Waals surface area contributed by atoms with Gasteiger partial charge in [-0.2, -0.15) is 22.0 Å². The molecule has 20 heavy (non-hydrogen) atoms. The molecule has 0 aliphatic carbocycles. The van der Waals surface area contributed by atoms with E-state index in [2.05, 4.69) is 9.97 Å². The topological polar surface area (TPSA) is 30.7 Å². The van der Waals surface area contributed by atoms with Gasteiger partial charge in [-0.25, -0.2) is 9.97 Å². The summed E-state index contributed by atoms with van der Waals surface area (Å²) in [6.45, 7) is 0. The Balaban J connectivity index is 2.25. The number of aromatic nitrogens is 3. The highest BCUT2D eigenvalue weighted by Crippen LogP contribution is 2.38. The first kappa shape index (κ1) is 15.0. The van der Waals surface area contributed by atoms with E-state index < -0.39 is 24.9 Å². The maximum absolute atomic E-state index is 12.8. The SMILES string of the molecule is Cn1ccc2c(Cl)nc(CCC(F)(F)C(F)(F)F)nc21. The first-order chi connectivity index (χ1) is 9.12. The van der Waals surface area contributed by atoms with Crippen molar-refractivity contribution < 1.29 is 22.0 Å². The minimum atomic E-state index is -5.58. The van der Waals surface area contributed by atoms with Gasteiger partial charge < -0.3 is 4.57 Å². The first-order valence-corrected chi connectivity index (χ1v) is 5.91. The van der Waals surface area contributed by atoms with Crippen LogP contribution in [0.1, 0.15) is 12.2 Å². The molecule has 0 N–H and O–H groups in total. The van der Waals surface area contributed by atoms with E-state index in [0.29, 0.717) is 11.0 Å². The summed E-state index contributed by atoms with van der Waals surface area (Å²) in [5, 5.41) is 0.543. The van der Waals surface area contributed by atoms with E-state index in [1.807, 2.05) is 0 Å². The van der Waals surface area contributed by atoms with Crippen LogP contribution in [0.5, 0.6) is 0 Å². The molecule has 9 heteroatoms. The Morgan fingerprint density at radius 3 is 2.45 bits per heavy atom. The zero-order valence-electron chi connectivity index (χ0n) is 10.2. The monoisotopic (exact) mass is 313 g/mol. The summed E-state index contributed by atoms with van der Waals surface area (Å²) in [5.74, 6) is -4.92. The van der Waals surface area contributed by atoms with E-state index >= 15 is 0 Å². The lowest BCUT2D eigenvalue weighted by Gasteiger charge is -2.18. The fourth-order valence-electron chi connectivity index (χ4n) is 1.66. The molecule has 0 aliphatic rings. The van der Waals surface area contributed by atoms with Crippen LogP contribution in [-0.2, 0) is 13.5 Å². The molecule has 110 valence electrons. The van der Waals surface area contributed by atoms with E-state index in [1.165, 1.54) is 0 Å². The lowest BCUT2D eigenvalue weighted by atomic mass is 10.1. The fourth-order valence-corrected chi connectivity index (χ4v) is 1.91. The molecule has 0 aliphatic heterocycles. The Kier molecular flexibility index (Phi) is 3.62. The van der Waals surface area contributed by atoms with E-state index in [0.717, 1.165) is 0 Å². The van der Waals surface area contributed by atoms with Gasteiger partial charge in [-0.1, -0.05) is 11.6 Å². The molecule has 0 atom stereocenters. The Morgan fingerprint density at radius 2 is 1.85 bits per heavy atom. The molecule has 0 saturated carbocycles. The van der Waals surface area contributed by atoms with Gasteiger partial charge in [0.05, 0.1) is 5.39 Å². The average molecular weight is 314 g/mol. The van der Waals surface area contributed by atoms with Crippen LogP contribution in [0.3, 0.4) is 0 Å². The third-order valence-electron chi connectivity index (χ3n) is 2.80. The first-order valence-electron chi connectivity index (χ1n) is 5.54. The molecule has 0 radical (unpaired) electrons. The van der Waals surface area contributed by atoms with Crippen molar-refractivity contribution in [2.75, 3.05) is 0 Å². The van der Waals surface area contributed by atoms with Gasteiger partial charge in [0.15, 0.2) is 0 Å². The van der Waals surface area contributed by atoms with Gasteiger partial charge in [-0.3, -0.25) is 0 Å². The molecule has 3 nitrogen and oxygen atoms in total. The molecular weight excluding hydrogens is 305 g/mol. The number of alkyl halides is 5. The summed E-state index contributed by atoms with van der Waals surface area (Å²) in [6.07, 6.45) is -5.97. The normalized spacial score (nSPS) is 13.2. The Morgan fingerprint density at radius 1 is 1.20 bits per heavy atom. The highest BCUT2D eigenvalue weighted by Gasteiger charge is 2.56. The molecule has 0 spiro atoms. The zero-order chi connectivity index (χ0) is 15.1. The van der Waals surface area contributed by atoms with Crippen molar-refractivity contribution in [1.29, 1.82) is 0 Å². The minimum absolute atomic E-state index is 0.0286. The van der Waals surface area contributed by atoms with Crippen LogP contribution in [-0.4, -0.2) is 26.6 Å². The molecule has 0 amide bonds. The highest BCUT2D eigenvalue weighted by atomic mass is 35.5. The number of aryl methyl sites for hydroxylation is 2. The van der Waals surface area contributed by atoms with Crippen LogP contribution in [0, 0.1) is 0 Å². The van der Waals surface area contributed by atoms with Gasteiger partial charge in [0.1, 0.15) is 16.6 Å². The van der Waals surface area contributed by atoms with Gasteiger partial charge in [0.25, 0.3) is 0 Å². The molecule has 2 aromatic rings. The summed E-state index contributed by atoms with van der Waals surface area (Å²) in [4.78, 5) is 7.69. The van der Waals surface area contributed by atoms with Crippen LogP contribution in [0.25, 0.3) is 11.0 Å². The quantitative estimate of drug-likeness (QED) is 0.638. The van der Waals surface area contributed by atoms with Crippen molar-refractivity contribution in [2.24, 2.45) is 7.05 Å². The largest absolute Gasteiger partial charge is 0.453 e. The third-order valence-corrected chi connectivity index (χ3v) is 3.09. The summed E-state index contributed by atoms with van der Waals surface area (Å²) in [5.41, 5.74) is 0.385. The molecular formula is C11H9ClF5N3. The van der Waals surface area contributed by atoms with E-state index in [1.54, 1.807) is 23.9 Å². The fraction of sp³-hybridized carbons (Fsp3) is 0.455. The van der Waals surface area contributed by atoms with Gasteiger partial charge in [0.2, 0.25) is 0 Å². The van der Waals surface area contributed by atoms with Gasteiger partial charge >= 0.3 is 12.1 Å². The number of hydrogen-bond acceptors (Lipinski definition) is 2. The van der Waals surface area contributed by atoms with Crippen molar-refractivity contribution in [2.45, 2.75) is 24.9 Å². The van der Waals surface area contributed by atoms with E-state index in [4.69, 9.17) is 11.6 Å². The number of halogens is 6. The van der Waals surface area contributed by atoms with Crippen LogP contribution in [0.4, 0.5) is 22.0 Å². The summed E-state index contributed by atoms with van der Waals surface area (Å²) >= 11 is 5.84. The maximum atomic E-state index is 12.8. The lowest BCUT2D eigenvalue weighted by molar-refractivity contribution is -0.284. The molecule has 0 unspecified atom stereocenters. The molecule has 0 saturated heterocycles. The van der Waals surface area contributed by atoms with Crippen molar-refractivity contribution >= 4 is 22.6 Å². The maximum Gasteiger partial charge on any atom is 0.453 e. The van der Waals surface area contributed by atoms with Crippen LogP contribution < -0.4 is 0 Å². The predicted molar refractivity (Wildman–Crippen MR) is 62.8 cm³/mol. The van der Waals surface area contributed by atoms with E-state index in [-0.39, 0.29) is 11.0 Å². The molecule has 2 heterocycles. The number of nitrogens with zero attached hydrogens (tertiary/aromatic N) is 3. The Bertz CT molecular complexity index is 635. The van der Waals surface area contributed by atoms with Gasteiger partial charge in [-0.15, -0.1) is 0 Å². The number of fused-ring (bicyclic) bond motifs is 1. The second-order valence-electron chi connectivity index (χ2n) is 4.30. The van der Waals surface area contributed by atoms with Crippen molar-refractivity contribution in [1.82, 2.24) is 14.5 Å². The molecule has 2 aromatic heterocycles. The van der Waals surface area contributed by atoms with Crippen molar-refractivity contribution in [3.05, 3.63) is 23.2 Å². The average Bonchev–Trinajstić information content (AvgIpc) is 2.68. The van der Waals surface area contributed by atoms with Crippen molar-refractivity contribution in [3.8, 4) is 0 Å². The van der Waals surface area contributed by atoms with E-state index in [9.17, 15) is 22.0 Å². The minimum Gasteiger partial charge on any atom is -0.335 e. The van der Waals surface area contributed by atoms with Crippen LogP contribution in [0.2, 0.25) is 5.15 Å². The molecule has 0 bridgehead atoms. The summed E-state index contributed by atoms with van der Waals surface area (Å²) in [6, 6.07) is 1.63. The van der Waals surface area contributed by atoms with Crippen molar-refractivity contribution in [3.63, 3.8) is 0 Å². The third kappa shape index (κ3) is 2.70. The van der Waals surface area contributed by atoms with Gasteiger partial charge in [0, 0.05) is 26.1 Å². The van der Waals surface area contributed by atoms with Gasteiger partial charge in [-0.05, 0) is 6.07 Å². The second-order valence-corrected chi connectivity index (χ2v) is 4.65. The molecule has 0 aromatic carbocycles. The second kappa shape index (κ2) is 4.83. The van der Waals surface area contributed by atoms with Crippen LogP contribution >= 0.6 is 11.6 Å². The molecule has 0 fully saturated rings. The Labute approximate surface area is 115 Å². The number of hydrogen-bond donors (Lipinski definition) is 0. The number of rotatable bonds is 3. The molecule has 2 rings (SSSR count). The zero-order valence-corrected chi connectivity index (χ0v) is 10.9. The lowest BCUT2D eigenvalue weighted by Crippen LogP contribution is -2.36. The van der Waals surface area contributed by atoms with Crippen LogP contribution in [0.15, 0.2) is 12.3 Å². The smallest absolute Gasteiger partial charge is 0.335 e. The summed E-state index contributed by atoms with van der Waals surface area (Å²) in [7, 11) is 1.65.